The molecule has 5 nitrogen and oxygen atoms in total. The second-order valence-corrected chi connectivity index (χ2v) is 5.06. The first-order chi connectivity index (χ1) is 9.54. The predicted octanol–water partition coefficient (Wildman–Crippen LogP) is 1.31. The number of nitrogen functional groups attached to an aromatic ring is 1. The van der Waals surface area contributed by atoms with Gasteiger partial charge in [-0.05, 0) is 51.3 Å². The van der Waals surface area contributed by atoms with Crippen molar-refractivity contribution in [3.63, 3.8) is 0 Å². The molecule has 0 heterocycles. The van der Waals surface area contributed by atoms with E-state index < -0.39 is 0 Å². The maximum absolute atomic E-state index is 12.5. The molecule has 1 amide bonds. The molecule has 0 aliphatic rings. The minimum Gasteiger partial charge on any atom is -0.399 e. The lowest BCUT2D eigenvalue weighted by Gasteiger charge is -2.23. The first-order valence-electron chi connectivity index (χ1n) is 6.83. The second-order valence-electron chi connectivity index (χ2n) is 5.06. The zero-order valence-electron chi connectivity index (χ0n) is 12.6. The Hall–Kier alpha value is -1.59. The van der Waals surface area contributed by atoms with E-state index in [4.69, 9.17) is 10.5 Å². The van der Waals surface area contributed by atoms with Gasteiger partial charge >= 0.3 is 0 Å². The van der Waals surface area contributed by atoms with Gasteiger partial charge in [-0.3, -0.25) is 4.79 Å². The van der Waals surface area contributed by atoms with Gasteiger partial charge in [0.1, 0.15) is 0 Å². The molecule has 0 saturated carbocycles. The highest BCUT2D eigenvalue weighted by atomic mass is 16.5. The van der Waals surface area contributed by atoms with E-state index in [2.05, 4.69) is 4.90 Å². The van der Waals surface area contributed by atoms with Crippen LogP contribution in [-0.2, 0) is 4.74 Å². The van der Waals surface area contributed by atoms with Crippen molar-refractivity contribution in [2.45, 2.75) is 6.42 Å². The number of anilines is 1. The van der Waals surface area contributed by atoms with Crippen LogP contribution < -0.4 is 5.73 Å². The summed E-state index contributed by atoms with van der Waals surface area (Å²) in [5.74, 6) is 0.0285. The van der Waals surface area contributed by atoms with Crippen molar-refractivity contribution in [3.05, 3.63) is 29.8 Å². The molecule has 0 aliphatic heterocycles. The molecule has 0 radical (unpaired) electrons. The number of nitrogens with zero attached hydrogens (tertiary/aromatic N) is 2. The molecule has 1 aromatic rings. The maximum atomic E-state index is 12.5. The molecule has 2 N–H and O–H groups in total. The van der Waals surface area contributed by atoms with Gasteiger partial charge in [-0.2, -0.15) is 0 Å². The number of methoxy groups -OCH3 is 1. The molecule has 112 valence electrons. The van der Waals surface area contributed by atoms with E-state index in [1.807, 2.05) is 19.0 Å². The first-order valence-corrected chi connectivity index (χ1v) is 6.83. The molecule has 20 heavy (non-hydrogen) atoms. The fourth-order valence-electron chi connectivity index (χ4n) is 1.90. The average Bonchev–Trinajstić information content (AvgIpc) is 2.42. The van der Waals surface area contributed by atoms with Crippen molar-refractivity contribution in [1.29, 1.82) is 0 Å². The molecule has 0 spiro atoms. The van der Waals surface area contributed by atoms with Gasteiger partial charge in [-0.25, -0.2) is 0 Å². The molecule has 0 bridgehead atoms. The van der Waals surface area contributed by atoms with Crippen LogP contribution in [0, 0.1) is 0 Å². The van der Waals surface area contributed by atoms with Crippen LogP contribution in [0.5, 0.6) is 0 Å². The Morgan fingerprint density at radius 2 is 1.80 bits per heavy atom. The summed E-state index contributed by atoms with van der Waals surface area (Å²) in [6.45, 7) is 2.83. The van der Waals surface area contributed by atoms with Gasteiger partial charge in [-0.15, -0.1) is 0 Å². The molecule has 0 aliphatic carbocycles. The van der Waals surface area contributed by atoms with Crippen LogP contribution in [0.2, 0.25) is 0 Å². The molecule has 1 aromatic carbocycles. The summed E-state index contributed by atoms with van der Waals surface area (Å²) < 4.78 is 5.08. The number of hydrogen-bond donors (Lipinski definition) is 1. The van der Waals surface area contributed by atoms with Crippen molar-refractivity contribution in [2.24, 2.45) is 0 Å². The lowest BCUT2D eigenvalue weighted by Crippen LogP contribution is -2.36. The number of nitrogens with two attached hydrogens (primary N) is 1. The molecule has 0 fully saturated rings. The van der Waals surface area contributed by atoms with Crippen molar-refractivity contribution in [3.8, 4) is 0 Å². The van der Waals surface area contributed by atoms with Gasteiger partial charge < -0.3 is 20.3 Å². The summed E-state index contributed by atoms with van der Waals surface area (Å²) in [7, 11) is 5.70. The van der Waals surface area contributed by atoms with Gasteiger partial charge in [0.15, 0.2) is 0 Å². The highest BCUT2D eigenvalue weighted by molar-refractivity contribution is 5.94. The quantitative estimate of drug-likeness (QED) is 0.729. The van der Waals surface area contributed by atoms with Crippen LogP contribution in [0.4, 0.5) is 5.69 Å². The van der Waals surface area contributed by atoms with Gasteiger partial charge in [0.05, 0.1) is 6.61 Å². The van der Waals surface area contributed by atoms with Crippen molar-refractivity contribution in [1.82, 2.24) is 9.80 Å². The van der Waals surface area contributed by atoms with Crippen LogP contribution in [0.1, 0.15) is 16.8 Å². The number of ether oxygens (including phenoxy) is 1. The van der Waals surface area contributed by atoms with E-state index >= 15 is 0 Å². The fourth-order valence-corrected chi connectivity index (χ4v) is 1.90. The Morgan fingerprint density at radius 1 is 1.15 bits per heavy atom. The summed E-state index contributed by atoms with van der Waals surface area (Å²) in [6.07, 6.45) is 0.942. The standard InChI is InChI=1S/C15H25N3O2/c1-17(2)9-4-10-18(11-12-20-3)15(19)13-5-7-14(16)8-6-13/h5-8H,4,9-12,16H2,1-3H3. The first kappa shape index (κ1) is 16.5. The number of hydrogen-bond acceptors (Lipinski definition) is 4. The summed E-state index contributed by atoms with van der Waals surface area (Å²) in [5, 5.41) is 0. The summed E-state index contributed by atoms with van der Waals surface area (Å²) in [5.41, 5.74) is 6.98. The number of carbonyl (C=O) groups is 1. The van der Waals surface area contributed by atoms with E-state index in [1.54, 1.807) is 31.4 Å². The van der Waals surface area contributed by atoms with Crippen LogP contribution in [0.3, 0.4) is 0 Å². The fraction of sp³-hybridized carbons (Fsp3) is 0.533. The van der Waals surface area contributed by atoms with E-state index in [0.29, 0.717) is 24.4 Å². The smallest absolute Gasteiger partial charge is 0.253 e. The third kappa shape index (κ3) is 5.59. The number of benzene rings is 1. The zero-order valence-corrected chi connectivity index (χ0v) is 12.6. The maximum Gasteiger partial charge on any atom is 0.253 e. The highest BCUT2D eigenvalue weighted by Gasteiger charge is 2.15. The number of rotatable bonds is 8. The summed E-state index contributed by atoms with van der Waals surface area (Å²) >= 11 is 0. The molecule has 5 heteroatoms. The number of carbonyl (C=O) groups excluding carboxylic acids is 1. The molecule has 0 atom stereocenters. The molecule has 0 saturated heterocycles. The number of amides is 1. The van der Waals surface area contributed by atoms with Crippen LogP contribution >= 0.6 is 0 Å². The second kappa shape index (κ2) is 8.55. The van der Waals surface area contributed by atoms with Crippen LogP contribution in [0.15, 0.2) is 24.3 Å². The Labute approximate surface area is 121 Å². The third-order valence-electron chi connectivity index (χ3n) is 3.04. The minimum absolute atomic E-state index is 0.0285. The summed E-state index contributed by atoms with van der Waals surface area (Å²) in [6, 6.07) is 7.04. The van der Waals surface area contributed by atoms with Gasteiger partial charge in [0.25, 0.3) is 5.91 Å². The summed E-state index contributed by atoms with van der Waals surface area (Å²) in [4.78, 5) is 16.4. The van der Waals surface area contributed by atoms with E-state index in [0.717, 1.165) is 19.5 Å². The SMILES string of the molecule is COCCN(CCCN(C)C)C(=O)c1ccc(N)cc1. The normalized spacial score (nSPS) is 10.8. The monoisotopic (exact) mass is 279 g/mol. The van der Waals surface area contributed by atoms with Crippen LogP contribution in [0.25, 0.3) is 0 Å². The lowest BCUT2D eigenvalue weighted by molar-refractivity contribution is 0.0689. The van der Waals surface area contributed by atoms with Gasteiger partial charge in [-0.1, -0.05) is 0 Å². The van der Waals surface area contributed by atoms with Crippen molar-refractivity contribution in [2.75, 3.05) is 53.2 Å². The zero-order chi connectivity index (χ0) is 15.0. The molecular formula is C15H25N3O2. The highest BCUT2D eigenvalue weighted by Crippen LogP contribution is 2.09. The van der Waals surface area contributed by atoms with E-state index in [9.17, 15) is 4.79 Å². The minimum atomic E-state index is 0.0285. The lowest BCUT2D eigenvalue weighted by atomic mass is 10.1. The van der Waals surface area contributed by atoms with E-state index in [-0.39, 0.29) is 5.91 Å². The van der Waals surface area contributed by atoms with Gasteiger partial charge in [0, 0.05) is 31.5 Å². The van der Waals surface area contributed by atoms with Crippen LogP contribution in [-0.4, -0.2) is 63.2 Å². The molecule has 0 unspecified atom stereocenters. The molecule has 0 aromatic heterocycles. The predicted molar refractivity (Wildman–Crippen MR) is 81.8 cm³/mol. The Kier molecular flexibility index (Phi) is 7.04. The Morgan fingerprint density at radius 3 is 2.35 bits per heavy atom. The molecule has 1 rings (SSSR count). The van der Waals surface area contributed by atoms with Crippen molar-refractivity contribution < 1.29 is 9.53 Å². The molecular weight excluding hydrogens is 254 g/mol. The Balaban J connectivity index is 2.65. The topological polar surface area (TPSA) is 58.8 Å². The van der Waals surface area contributed by atoms with Gasteiger partial charge in [0.2, 0.25) is 0 Å². The van der Waals surface area contributed by atoms with E-state index in [1.165, 1.54) is 0 Å². The Bertz CT molecular complexity index is 404. The largest absolute Gasteiger partial charge is 0.399 e. The van der Waals surface area contributed by atoms with Crippen molar-refractivity contribution >= 4 is 11.6 Å². The third-order valence-corrected chi connectivity index (χ3v) is 3.04. The average molecular weight is 279 g/mol.